The summed E-state index contributed by atoms with van der Waals surface area (Å²) in [4.78, 5) is 15.3. The molecule has 2 atom stereocenters. The zero-order valence-corrected chi connectivity index (χ0v) is 16.3. The van der Waals surface area contributed by atoms with E-state index in [1.165, 1.54) is 6.42 Å². The normalized spacial score (nSPS) is 24.7. The maximum Gasteiger partial charge on any atom is 0.284 e. The number of amides is 1. The number of nitrogens with zero attached hydrogens (tertiary/aromatic N) is 1. The van der Waals surface area contributed by atoms with Crippen molar-refractivity contribution in [2.45, 2.75) is 45.7 Å². The molecule has 0 aromatic carbocycles. The van der Waals surface area contributed by atoms with Gasteiger partial charge < -0.3 is 20.8 Å². The molecule has 7 heteroatoms. The monoisotopic (exact) mass is 434 g/mol. The molecule has 0 radical (unpaired) electrons. The summed E-state index contributed by atoms with van der Waals surface area (Å²) in [7, 11) is 1.75. The zero-order valence-electron chi connectivity index (χ0n) is 14.0. The van der Waals surface area contributed by atoms with Crippen molar-refractivity contribution >= 4 is 35.8 Å². The summed E-state index contributed by atoms with van der Waals surface area (Å²) in [5.41, 5.74) is 5.17. The molecule has 1 saturated carbocycles. The minimum atomic E-state index is -0.557. The van der Waals surface area contributed by atoms with Gasteiger partial charge in [0, 0.05) is 13.1 Å². The molecule has 0 bridgehead atoms. The van der Waals surface area contributed by atoms with Gasteiger partial charge in [-0.1, -0.05) is 13.8 Å². The Hall–Kier alpha value is -1.25. The summed E-state index contributed by atoms with van der Waals surface area (Å²) >= 11 is 0. The summed E-state index contributed by atoms with van der Waals surface area (Å²) < 4.78 is 5.34. The molecule has 1 aromatic rings. The quantitative estimate of drug-likeness (QED) is 0.386. The number of hydrogen-bond acceptors (Lipinski definition) is 3. The largest absolute Gasteiger partial charge is 0.454 e. The number of guanidine groups is 1. The van der Waals surface area contributed by atoms with Crippen LogP contribution in [-0.2, 0) is 6.54 Å². The molecule has 1 aromatic heterocycles. The molecule has 1 aliphatic carbocycles. The van der Waals surface area contributed by atoms with E-state index in [0.717, 1.165) is 30.6 Å². The van der Waals surface area contributed by atoms with Gasteiger partial charge in [-0.25, -0.2) is 0 Å². The third-order valence-corrected chi connectivity index (χ3v) is 4.08. The van der Waals surface area contributed by atoms with Crippen molar-refractivity contribution in [1.29, 1.82) is 0 Å². The molecule has 23 heavy (non-hydrogen) atoms. The highest BCUT2D eigenvalue weighted by Gasteiger charge is 2.24. The van der Waals surface area contributed by atoms with Crippen molar-refractivity contribution in [2.75, 3.05) is 7.05 Å². The summed E-state index contributed by atoms with van der Waals surface area (Å²) in [6, 6.07) is 3.77. The van der Waals surface area contributed by atoms with Crippen LogP contribution in [0.1, 0.15) is 49.4 Å². The second-order valence-corrected chi connectivity index (χ2v) is 6.31. The van der Waals surface area contributed by atoms with E-state index in [9.17, 15) is 4.79 Å². The molecule has 1 aliphatic rings. The van der Waals surface area contributed by atoms with Crippen LogP contribution in [0.3, 0.4) is 0 Å². The van der Waals surface area contributed by atoms with Crippen LogP contribution < -0.4 is 16.4 Å². The van der Waals surface area contributed by atoms with Crippen molar-refractivity contribution in [3.8, 4) is 0 Å². The lowest BCUT2D eigenvalue weighted by Crippen LogP contribution is -2.45. The van der Waals surface area contributed by atoms with Gasteiger partial charge >= 0.3 is 0 Å². The highest BCUT2D eigenvalue weighted by atomic mass is 127. The molecular weight excluding hydrogens is 407 g/mol. The first-order chi connectivity index (χ1) is 10.5. The number of aliphatic imine (C=N–C) groups is 1. The minimum absolute atomic E-state index is 0. The van der Waals surface area contributed by atoms with Gasteiger partial charge in [0.15, 0.2) is 11.7 Å². The Labute approximate surface area is 154 Å². The fourth-order valence-electron chi connectivity index (χ4n) is 3.23. The van der Waals surface area contributed by atoms with Crippen molar-refractivity contribution < 1.29 is 9.21 Å². The molecule has 6 nitrogen and oxygen atoms in total. The summed E-state index contributed by atoms with van der Waals surface area (Å²) in [6.45, 7) is 5.06. The Kier molecular flexibility index (Phi) is 7.87. The number of nitrogens with two attached hydrogens (primary N) is 1. The minimum Gasteiger partial charge on any atom is -0.454 e. The number of rotatable bonds is 4. The molecule has 0 saturated heterocycles. The summed E-state index contributed by atoms with van der Waals surface area (Å²) in [5.74, 6) is 2.50. The Morgan fingerprint density at radius 1 is 1.30 bits per heavy atom. The number of carbonyl (C=O) groups is 1. The highest BCUT2D eigenvalue weighted by molar-refractivity contribution is 14.0. The fourth-order valence-corrected chi connectivity index (χ4v) is 3.23. The summed E-state index contributed by atoms with van der Waals surface area (Å²) in [5, 5.41) is 6.68. The van der Waals surface area contributed by atoms with Crippen LogP contribution in [0.25, 0.3) is 0 Å². The van der Waals surface area contributed by atoms with Crippen LogP contribution in [0.15, 0.2) is 21.5 Å². The maximum absolute atomic E-state index is 11.0. The number of carbonyl (C=O) groups excluding carboxylic acids is 1. The van der Waals surface area contributed by atoms with Gasteiger partial charge in [-0.05, 0) is 43.2 Å². The number of hydrogen-bond donors (Lipinski definition) is 3. The molecule has 1 fully saturated rings. The van der Waals surface area contributed by atoms with E-state index in [1.54, 1.807) is 19.2 Å². The van der Waals surface area contributed by atoms with E-state index in [4.69, 9.17) is 10.2 Å². The predicted molar refractivity (Wildman–Crippen MR) is 102 cm³/mol. The predicted octanol–water partition coefficient (Wildman–Crippen LogP) is 2.49. The van der Waals surface area contributed by atoms with Crippen LogP contribution in [0.2, 0.25) is 0 Å². The highest BCUT2D eigenvalue weighted by Crippen LogP contribution is 2.28. The lowest BCUT2D eigenvalue weighted by Gasteiger charge is -2.32. The number of furan rings is 1. The first-order valence-electron chi connectivity index (χ1n) is 7.83. The van der Waals surface area contributed by atoms with Gasteiger partial charge in [0.25, 0.3) is 5.91 Å². The van der Waals surface area contributed by atoms with Crippen LogP contribution in [0.4, 0.5) is 0 Å². The van der Waals surface area contributed by atoms with Crippen molar-refractivity contribution in [2.24, 2.45) is 22.6 Å². The molecule has 1 heterocycles. The van der Waals surface area contributed by atoms with Gasteiger partial charge in [-0.2, -0.15) is 0 Å². The lowest BCUT2D eigenvalue weighted by molar-refractivity contribution is 0.0972. The van der Waals surface area contributed by atoms with Crippen LogP contribution in [0, 0.1) is 11.8 Å². The maximum atomic E-state index is 11.0. The van der Waals surface area contributed by atoms with Gasteiger partial charge in [-0.15, -0.1) is 24.0 Å². The lowest BCUT2D eigenvalue weighted by atomic mass is 9.80. The van der Waals surface area contributed by atoms with E-state index in [1.807, 2.05) is 0 Å². The van der Waals surface area contributed by atoms with Crippen molar-refractivity contribution in [3.63, 3.8) is 0 Å². The van der Waals surface area contributed by atoms with E-state index in [-0.39, 0.29) is 29.7 Å². The molecule has 0 aliphatic heterocycles. The van der Waals surface area contributed by atoms with E-state index in [0.29, 0.717) is 18.3 Å². The third-order valence-electron chi connectivity index (χ3n) is 4.08. The first kappa shape index (κ1) is 19.8. The third kappa shape index (κ3) is 6.04. The van der Waals surface area contributed by atoms with Gasteiger partial charge in [0.2, 0.25) is 0 Å². The average molecular weight is 434 g/mol. The fraction of sp³-hybridized carbons (Fsp3) is 0.625. The van der Waals surface area contributed by atoms with E-state index < -0.39 is 5.91 Å². The Balaban J connectivity index is 0.00000264. The molecule has 1 amide bonds. The number of nitrogens with one attached hydrogen (secondary N) is 2. The van der Waals surface area contributed by atoms with Gasteiger partial charge in [0.1, 0.15) is 5.76 Å². The topological polar surface area (TPSA) is 92.6 Å². The standard InChI is InChI=1S/C16H26N4O2.HI/c1-10-6-11(2)8-12(7-10)20-16(18-3)19-9-13-4-5-14(22-13)15(17)21;/h4-5,10-12H,6-9H2,1-3H3,(H2,17,21)(H2,18,19,20);1H. The Morgan fingerprint density at radius 3 is 2.48 bits per heavy atom. The van der Waals surface area contributed by atoms with E-state index >= 15 is 0 Å². The molecule has 2 unspecified atom stereocenters. The van der Waals surface area contributed by atoms with E-state index in [2.05, 4.69) is 29.5 Å². The van der Waals surface area contributed by atoms with Gasteiger partial charge in [-0.3, -0.25) is 9.79 Å². The SMILES string of the molecule is CN=C(NCc1ccc(C(N)=O)o1)NC1CC(C)CC(C)C1.I. The van der Waals surface area contributed by atoms with Gasteiger partial charge in [0.05, 0.1) is 6.54 Å². The molecule has 130 valence electrons. The second-order valence-electron chi connectivity index (χ2n) is 6.31. The molecule has 2 rings (SSSR count). The first-order valence-corrected chi connectivity index (χ1v) is 7.83. The summed E-state index contributed by atoms with van der Waals surface area (Å²) in [6.07, 6.45) is 3.63. The smallest absolute Gasteiger partial charge is 0.284 e. The molecule has 4 N–H and O–H groups in total. The molecule has 0 spiro atoms. The Morgan fingerprint density at radius 2 is 1.96 bits per heavy atom. The second kappa shape index (κ2) is 9.14. The number of primary amides is 1. The Bertz CT molecular complexity index is 534. The van der Waals surface area contributed by atoms with Crippen LogP contribution in [0.5, 0.6) is 0 Å². The van der Waals surface area contributed by atoms with Crippen molar-refractivity contribution in [3.05, 3.63) is 23.7 Å². The number of halogens is 1. The average Bonchev–Trinajstić information content (AvgIpc) is 2.91. The van der Waals surface area contributed by atoms with Crippen molar-refractivity contribution in [1.82, 2.24) is 10.6 Å². The zero-order chi connectivity index (χ0) is 16.1. The molecular formula is C16H27IN4O2. The van der Waals surface area contributed by atoms with Crippen LogP contribution in [-0.4, -0.2) is 25.0 Å². The van der Waals surface area contributed by atoms with Crippen LogP contribution >= 0.6 is 24.0 Å².